The molecule has 2 aliphatic heterocycles. The Bertz CT molecular complexity index is 1170. The van der Waals surface area contributed by atoms with Gasteiger partial charge in [-0.2, -0.15) is 0 Å². The van der Waals surface area contributed by atoms with E-state index < -0.39 is 24.1 Å². The van der Waals surface area contributed by atoms with Gasteiger partial charge in [0.2, 0.25) is 5.91 Å². The third kappa shape index (κ3) is 4.25. The van der Waals surface area contributed by atoms with Gasteiger partial charge < -0.3 is 10.5 Å². The Hall–Kier alpha value is -3.74. The lowest BCUT2D eigenvalue weighted by Gasteiger charge is -2.40. The number of fused-ring (bicyclic) bond motifs is 1. The van der Waals surface area contributed by atoms with Gasteiger partial charge in [-0.3, -0.25) is 9.59 Å². The van der Waals surface area contributed by atoms with Gasteiger partial charge in [0, 0.05) is 5.69 Å². The molecule has 6 nitrogen and oxygen atoms in total. The Morgan fingerprint density at radius 3 is 2.09 bits per heavy atom. The number of carbonyl (C=O) groups excluding carboxylic acids is 2. The first kappa shape index (κ1) is 22.1. The average molecular weight is 454 g/mol. The molecule has 34 heavy (non-hydrogen) atoms. The molecule has 0 aliphatic carbocycles. The van der Waals surface area contributed by atoms with Gasteiger partial charge in [-0.1, -0.05) is 78.9 Å². The zero-order valence-corrected chi connectivity index (χ0v) is 18.7. The molecule has 0 aromatic heterocycles. The van der Waals surface area contributed by atoms with Gasteiger partial charge in [0.25, 0.3) is 5.91 Å². The zero-order chi connectivity index (χ0) is 23.5. The first-order valence-electron chi connectivity index (χ1n) is 11.6. The molecule has 4 atom stereocenters. The number of hydrogen-bond acceptors (Lipinski definition) is 5. The molecular weight excluding hydrogens is 426 g/mol. The van der Waals surface area contributed by atoms with Crippen LogP contribution in [0.15, 0.2) is 103 Å². The summed E-state index contributed by atoms with van der Waals surface area (Å²) < 4.78 is 0. The minimum absolute atomic E-state index is 0.255. The van der Waals surface area contributed by atoms with Crippen LogP contribution in [0.25, 0.3) is 0 Å². The quantitative estimate of drug-likeness (QED) is 0.421. The maximum Gasteiger partial charge on any atom is 0.254 e. The molecule has 2 aliphatic rings. The summed E-state index contributed by atoms with van der Waals surface area (Å²) in [6.45, 7) is 0. The molecule has 1 saturated heterocycles. The number of anilines is 2. The van der Waals surface area contributed by atoms with Gasteiger partial charge in [-0.15, -0.1) is 0 Å². The van der Waals surface area contributed by atoms with Crippen molar-refractivity contribution in [3.63, 3.8) is 0 Å². The van der Waals surface area contributed by atoms with E-state index in [1.54, 1.807) is 23.2 Å². The van der Waals surface area contributed by atoms with Crippen LogP contribution in [0.2, 0.25) is 0 Å². The summed E-state index contributed by atoms with van der Waals surface area (Å²) in [5.74, 6) is -1.18. The lowest BCUT2D eigenvalue weighted by Crippen LogP contribution is -2.57. The van der Waals surface area contributed by atoms with Crippen molar-refractivity contribution in [2.75, 3.05) is 10.3 Å². The maximum atomic E-state index is 13.6. The first-order chi connectivity index (χ1) is 16.6. The molecule has 0 saturated carbocycles. The molecule has 3 aromatic rings. The van der Waals surface area contributed by atoms with Gasteiger partial charge in [-0.05, 0) is 42.7 Å². The summed E-state index contributed by atoms with van der Waals surface area (Å²) in [7, 11) is 0. The van der Waals surface area contributed by atoms with E-state index in [9.17, 15) is 14.7 Å². The lowest BCUT2D eigenvalue weighted by molar-refractivity contribution is -0.123. The van der Waals surface area contributed by atoms with Crippen LogP contribution in [0.5, 0.6) is 0 Å². The van der Waals surface area contributed by atoms with Gasteiger partial charge in [0.1, 0.15) is 6.04 Å². The van der Waals surface area contributed by atoms with Crippen molar-refractivity contribution in [3.05, 3.63) is 109 Å². The second-order valence-electron chi connectivity index (χ2n) is 8.67. The summed E-state index contributed by atoms with van der Waals surface area (Å²) in [6.07, 6.45) is 4.14. The summed E-state index contributed by atoms with van der Waals surface area (Å²) in [6, 6.07) is 27.3. The normalized spacial score (nSPS) is 23.1. The molecule has 3 aromatic carbocycles. The average Bonchev–Trinajstić information content (AvgIpc) is 3.14. The highest BCUT2D eigenvalue weighted by atomic mass is 16.3. The monoisotopic (exact) mass is 453 g/mol. The number of nitrogens with zero attached hydrogens (tertiary/aromatic N) is 2. The fourth-order valence-electron chi connectivity index (χ4n) is 4.75. The minimum atomic E-state index is -0.755. The van der Waals surface area contributed by atoms with Crippen molar-refractivity contribution in [3.8, 4) is 0 Å². The van der Waals surface area contributed by atoms with Crippen LogP contribution >= 0.6 is 0 Å². The number of hydrogen-bond donors (Lipinski definition) is 2. The van der Waals surface area contributed by atoms with Crippen molar-refractivity contribution < 1.29 is 14.7 Å². The lowest BCUT2D eigenvalue weighted by atomic mass is 9.91. The Kier molecular flexibility index (Phi) is 6.25. The van der Waals surface area contributed by atoms with Crippen molar-refractivity contribution in [2.45, 2.75) is 31.0 Å². The molecule has 2 N–H and O–H groups in total. The number of aliphatic hydroxyl groups is 1. The predicted molar refractivity (Wildman–Crippen MR) is 132 cm³/mol. The SMILES string of the molecule is O=C1C2C=CC(C(O)CCc3ccccc3)N(Nc3ccccc3)C2C(=O)N1c1ccccc1. The molecule has 1 fully saturated rings. The van der Waals surface area contributed by atoms with Crippen LogP contribution in [0, 0.1) is 5.92 Å². The summed E-state index contributed by atoms with van der Waals surface area (Å²) in [4.78, 5) is 28.1. The van der Waals surface area contributed by atoms with Gasteiger partial charge in [0.15, 0.2) is 0 Å². The van der Waals surface area contributed by atoms with Crippen molar-refractivity contribution in [1.29, 1.82) is 0 Å². The van der Waals surface area contributed by atoms with Crippen LogP contribution in [-0.2, 0) is 16.0 Å². The van der Waals surface area contributed by atoms with E-state index in [1.807, 2.05) is 84.9 Å². The number of rotatable bonds is 7. The molecule has 4 unspecified atom stereocenters. The number of imide groups is 1. The molecule has 0 bridgehead atoms. The fourth-order valence-corrected chi connectivity index (χ4v) is 4.75. The largest absolute Gasteiger partial charge is 0.391 e. The van der Waals surface area contributed by atoms with Crippen molar-refractivity contribution >= 4 is 23.2 Å². The number of para-hydroxylation sites is 2. The van der Waals surface area contributed by atoms with Gasteiger partial charge >= 0.3 is 0 Å². The van der Waals surface area contributed by atoms with Gasteiger partial charge in [-0.25, -0.2) is 9.91 Å². The van der Waals surface area contributed by atoms with Gasteiger partial charge in [0.05, 0.1) is 23.8 Å². The molecule has 2 heterocycles. The molecule has 0 spiro atoms. The smallest absolute Gasteiger partial charge is 0.254 e. The van der Waals surface area contributed by atoms with E-state index in [-0.39, 0.29) is 11.8 Å². The van der Waals surface area contributed by atoms with Crippen LogP contribution in [0.1, 0.15) is 12.0 Å². The van der Waals surface area contributed by atoms with E-state index in [0.717, 1.165) is 11.3 Å². The molecule has 6 heteroatoms. The number of nitrogens with one attached hydrogen (secondary N) is 1. The Balaban J connectivity index is 1.44. The third-order valence-corrected chi connectivity index (χ3v) is 6.47. The summed E-state index contributed by atoms with van der Waals surface area (Å²) >= 11 is 0. The van der Waals surface area contributed by atoms with E-state index in [0.29, 0.717) is 18.5 Å². The number of amides is 2. The molecule has 5 rings (SSSR count). The number of benzene rings is 3. The molecule has 2 amide bonds. The van der Waals surface area contributed by atoms with E-state index in [4.69, 9.17) is 0 Å². The predicted octanol–water partition coefficient (Wildman–Crippen LogP) is 3.81. The minimum Gasteiger partial charge on any atom is -0.391 e. The zero-order valence-electron chi connectivity index (χ0n) is 18.7. The van der Waals surface area contributed by atoms with Crippen LogP contribution in [0.3, 0.4) is 0 Å². The highest BCUT2D eigenvalue weighted by Crippen LogP contribution is 2.36. The summed E-state index contributed by atoms with van der Waals surface area (Å²) in [5.41, 5.74) is 5.81. The molecular formula is C28H27N3O3. The van der Waals surface area contributed by atoms with E-state index in [1.165, 1.54) is 4.90 Å². The summed E-state index contributed by atoms with van der Waals surface area (Å²) in [5, 5.41) is 13.0. The van der Waals surface area contributed by atoms with E-state index in [2.05, 4.69) is 5.43 Å². The Morgan fingerprint density at radius 2 is 1.41 bits per heavy atom. The number of carbonyl (C=O) groups is 2. The number of hydrazine groups is 1. The number of aryl methyl sites for hydroxylation is 1. The van der Waals surface area contributed by atoms with Crippen molar-refractivity contribution in [2.24, 2.45) is 5.92 Å². The number of aliphatic hydroxyl groups excluding tert-OH is 1. The van der Waals surface area contributed by atoms with Crippen molar-refractivity contribution in [1.82, 2.24) is 5.01 Å². The fraction of sp³-hybridized carbons (Fsp3) is 0.214. The Labute approximate surface area is 199 Å². The first-order valence-corrected chi connectivity index (χ1v) is 11.6. The molecule has 172 valence electrons. The van der Waals surface area contributed by atoms with Crippen LogP contribution in [-0.4, -0.2) is 40.1 Å². The topological polar surface area (TPSA) is 72.9 Å². The van der Waals surface area contributed by atoms with E-state index >= 15 is 0 Å². The third-order valence-electron chi connectivity index (χ3n) is 6.47. The highest BCUT2D eigenvalue weighted by Gasteiger charge is 2.53. The Morgan fingerprint density at radius 1 is 0.794 bits per heavy atom. The van der Waals surface area contributed by atoms with Crippen LogP contribution < -0.4 is 10.3 Å². The standard InChI is InChI=1S/C28H27N3O3/c32-25(19-16-20-10-4-1-5-11-20)24-18-17-23-26(31(24)29-21-12-6-2-7-13-21)28(34)30(27(23)33)22-14-8-3-9-15-22/h1-15,17-18,23-26,29,32H,16,19H2. The maximum absolute atomic E-state index is 13.6. The second-order valence-corrected chi connectivity index (χ2v) is 8.67. The van der Waals surface area contributed by atoms with Crippen LogP contribution in [0.4, 0.5) is 11.4 Å². The highest BCUT2D eigenvalue weighted by molar-refractivity contribution is 6.24. The second kappa shape index (κ2) is 9.63. The molecule has 0 radical (unpaired) electrons.